The summed E-state index contributed by atoms with van der Waals surface area (Å²) in [5.74, 6) is 0.840. The molecule has 0 aromatic rings. The maximum Gasteiger partial charge on any atom is 0.237 e. The second kappa shape index (κ2) is 3.90. The van der Waals surface area contributed by atoms with Gasteiger partial charge in [-0.05, 0) is 26.3 Å². The Morgan fingerprint density at radius 3 is 2.75 bits per heavy atom. The molecule has 0 bridgehead atoms. The minimum Gasteiger partial charge on any atom is -0.355 e. The molecule has 1 saturated heterocycles. The highest BCUT2D eigenvalue weighted by atomic mass is 16.2. The van der Waals surface area contributed by atoms with Crippen LogP contribution in [0.2, 0.25) is 0 Å². The molecule has 3 heteroatoms. The van der Waals surface area contributed by atoms with Gasteiger partial charge in [0, 0.05) is 13.1 Å². The van der Waals surface area contributed by atoms with Crippen LogP contribution in [0.25, 0.3) is 0 Å². The molecule has 0 aliphatic carbocycles. The van der Waals surface area contributed by atoms with Crippen LogP contribution in [-0.2, 0) is 4.79 Å². The third-order valence-corrected chi connectivity index (χ3v) is 2.41. The van der Waals surface area contributed by atoms with Gasteiger partial charge >= 0.3 is 0 Å². The molecule has 1 aliphatic heterocycles. The Hall–Kier alpha value is -0.570. The van der Waals surface area contributed by atoms with Crippen LogP contribution in [0, 0.1) is 5.92 Å². The molecule has 1 aliphatic rings. The van der Waals surface area contributed by atoms with Gasteiger partial charge in [-0.1, -0.05) is 6.92 Å². The van der Waals surface area contributed by atoms with Gasteiger partial charge in [-0.25, -0.2) is 0 Å². The van der Waals surface area contributed by atoms with Crippen molar-refractivity contribution in [1.82, 2.24) is 10.2 Å². The quantitative estimate of drug-likeness (QED) is 0.653. The van der Waals surface area contributed by atoms with Crippen LogP contribution in [0.1, 0.15) is 20.3 Å². The van der Waals surface area contributed by atoms with Crippen LogP contribution < -0.4 is 5.32 Å². The SMILES string of the molecule is CCNC(=O)C1CC(C)CN1C. The molecular formula is C9H18N2O. The van der Waals surface area contributed by atoms with E-state index in [1.807, 2.05) is 14.0 Å². The molecule has 1 amide bonds. The molecule has 0 aromatic heterocycles. The number of hydrogen-bond donors (Lipinski definition) is 1. The fourth-order valence-corrected chi connectivity index (χ4v) is 1.85. The van der Waals surface area contributed by atoms with Crippen LogP contribution in [0.3, 0.4) is 0 Å². The van der Waals surface area contributed by atoms with Gasteiger partial charge in [0.25, 0.3) is 0 Å². The van der Waals surface area contributed by atoms with Crippen molar-refractivity contribution in [2.75, 3.05) is 20.1 Å². The zero-order chi connectivity index (χ0) is 9.14. The smallest absolute Gasteiger partial charge is 0.237 e. The topological polar surface area (TPSA) is 32.3 Å². The highest BCUT2D eigenvalue weighted by molar-refractivity contribution is 5.81. The fourth-order valence-electron chi connectivity index (χ4n) is 1.85. The van der Waals surface area contributed by atoms with Crippen molar-refractivity contribution in [1.29, 1.82) is 0 Å². The van der Waals surface area contributed by atoms with Crippen molar-refractivity contribution in [2.45, 2.75) is 26.3 Å². The predicted molar refractivity (Wildman–Crippen MR) is 48.9 cm³/mol. The molecule has 1 rings (SSSR count). The Labute approximate surface area is 74.1 Å². The summed E-state index contributed by atoms with van der Waals surface area (Å²) in [4.78, 5) is 13.6. The fraction of sp³-hybridized carbons (Fsp3) is 0.889. The Morgan fingerprint density at radius 1 is 1.67 bits per heavy atom. The Morgan fingerprint density at radius 2 is 2.33 bits per heavy atom. The maximum atomic E-state index is 11.4. The Balaban J connectivity index is 2.46. The van der Waals surface area contributed by atoms with E-state index in [2.05, 4.69) is 17.1 Å². The first-order valence-electron chi connectivity index (χ1n) is 4.63. The van der Waals surface area contributed by atoms with E-state index in [1.165, 1.54) is 0 Å². The van der Waals surface area contributed by atoms with Gasteiger partial charge in [-0.15, -0.1) is 0 Å². The summed E-state index contributed by atoms with van der Waals surface area (Å²) in [6, 6.07) is 0.111. The van der Waals surface area contributed by atoms with Crippen LogP contribution >= 0.6 is 0 Å². The number of rotatable bonds is 2. The molecule has 2 unspecified atom stereocenters. The minimum absolute atomic E-state index is 0.111. The van der Waals surface area contributed by atoms with Gasteiger partial charge in [0.2, 0.25) is 5.91 Å². The van der Waals surface area contributed by atoms with Crippen LogP contribution in [0.5, 0.6) is 0 Å². The van der Waals surface area contributed by atoms with E-state index >= 15 is 0 Å². The van der Waals surface area contributed by atoms with Gasteiger partial charge in [-0.2, -0.15) is 0 Å². The lowest BCUT2D eigenvalue weighted by atomic mass is 10.1. The molecule has 0 saturated carbocycles. The first-order valence-corrected chi connectivity index (χ1v) is 4.63. The summed E-state index contributed by atoms with van der Waals surface area (Å²) in [5.41, 5.74) is 0. The number of amides is 1. The molecule has 2 atom stereocenters. The number of likely N-dealkylation sites (N-methyl/N-ethyl adjacent to an activating group) is 2. The van der Waals surface area contributed by atoms with E-state index in [4.69, 9.17) is 0 Å². The average Bonchev–Trinajstić information content (AvgIpc) is 2.30. The number of nitrogens with one attached hydrogen (secondary N) is 1. The number of nitrogens with zero attached hydrogens (tertiary/aromatic N) is 1. The highest BCUT2D eigenvalue weighted by Crippen LogP contribution is 2.20. The number of carbonyl (C=O) groups is 1. The Kier molecular flexibility index (Phi) is 3.09. The van der Waals surface area contributed by atoms with Gasteiger partial charge in [0.15, 0.2) is 0 Å². The molecule has 0 radical (unpaired) electrons. The standard InChI is InChI=1S/C9H18N2O/c1-4-10-9(12)8-5-7(2)6-11(8)3/h7-8H,4-6H2,1-3H3,(H,10,12). The van der Waals surface area contributed by atoms with E-state index in [9.17, 15) is 4.79 Å². The van der Waals surface area contributed by atoms with Crippen molar-refractivity contribution >= 4 is 5.91 Å². The van der Waals surface area contributed by atoms with Crippen LogP contribution in [-0.4, -0.2) is 37.0 Å². The Bertz CT molecular complexity index is 170. The van der Waals surface area contributed by atoms with Crippen molar-refractivity contribution in [3.05, 3.63) is 0 Å². The zero-order valence-electron chi connectivity index (χ0n) is 8.13. The number of hydrogen-bond acceptors (Lipinski definition) is 2. The first-order chi connectivity index (χ1) is 5.65. The first kappa shape index (κ1) is 9.52. The average molecular weight is 170 g/mol. The number of carbonyl (C=O) groups excluding carboxylic acids is 1. The van der Waals surface area contributed by atoms with Crippen LogP contribution in [0.4, 0.5) is 0 Å². The summed E-state index contributed by atoms with van der Waals surface area (Å²) in [6.07, 6.45) is 1.00. The van der Waals surface area contributed by atoms with Gasteiger partial charge in [0.05, 0.1) is 6.04 Å². The van der Waals surface area contributed by atoms with Crippen LogP contribution in [0.15, 0.2) is 0 Å². The van der Waals surface area contributed by atoms with Crippen molar-refractivity contribution in [2.24, 2.45) is 5.92 Å². The van der Waals surface area contributed by atoms with Crippen molar-refractivity contribution < 1.29 is 4.79 Å². The molecule has 0 spiro atoms. The van der Waals surface area contributed by atoms with Crippen molar-refractivity contribution in [3.8, 4) is 0 Å². The lowest BCUT2D eigenvalue weighted by Gasteiger charge is -2.17. The third kappa shape index (κ3) is 1.97. The summed E-state index contributed by atoms with van der Waals surface area (Å²) < 4.78 is 0. The molecule has 1 N–H and O–H groups in total. The highest BCUT2D eigenvalue weighted by Gasteiger charge is 2.31. The van der Waals surface area contributed by atoms with E-state index in [-0.39, 0.29) is 11.9 Å². The normalized spacial score (nSPS) is 30.6. The van der Waals surface area contributed by atoms with Gasteiger partial charge < -0.3 is 5.32 Å². The van der Waals surface area contributed by atoms with Gasteiger partial charge in [-0.3, -0.25) is 9.69 Å². The summed E-state index contributed by atoms with van der Waals surface area (Å²) in [5, 5.41) is 2.86. The minimum atomic E-state index is 0.111. The second-order valence-electron chi connectivity index (χ2n) is 3.69. The maximum absolute atomic E-state index is 11.4. The molecule has 70 valence electrons. The predicted octanol–water partition coefficient (Wildman–Crippen LogP) is 0.463. The monoisotopic (exact) mass is 170 g/mol. The molecular weight excluding hydrogens is 152 g/mol. The molecule has 1 heterocycles. The molecule has 12 heavy (non-hydrogen) atoms. The lowest BCUT2D eigenvalue weighted by Crippen LogP contribution is -2.41. The summed E-state index contributed by atoms with van der Waals surface area (Å²) in [6.45, 7) is 5.92. The largest absolute Gasteiger partial charge is 0.355 e. The summed E-state index contributed by atoms with van der Waals surface area (Å²) >= 11 is 0. The third-order valence-electron chi connectivity index (χ3n) is 2.41. The lowest BCUT2D eigenvalue weighted by molar-refractivity contribution is -0.124. The van der Waals surface area contributed by atoms with Gasteiger partial charge in [0.1, 0.15) is 0 Å². The van der Waals surface area contributed by atoms with Crippen molar-refractivity contribution in [3.63, 3.8) is 0 Å². The van der Waals surface area contributed by atoms with E-state index in [1.54, 1.807) is 0 Å². The zero-order valence-corrected chi connectivity index (χ0v) is 8.13. The number of likely N-dealkylation sites (tertiary alicyclic amines) is 1. The molecule has 3 nitrogen and oxygen atoms in total. The van der Waals surface area contributed by atoms with E-state index in [0.29, 0.717) is 5.92 Å². The van der Waals surface area contributed by atoms with E-state index < -0.39 is 0 Å². The summed E-state index contributed by atoms with van der Waals surface area (Å²) in [7, 11) is 2.02. The molecule has 0 aromatic carbocycles. The van der Waals surface area contributed by atoms with E-state index in [0.717, 1.165) is 19.5 Å². The second-order valence-corrected chi connectivity index (χ2v) is 3.69. The molecule has 1 fully saturated rings.